The largest absolute Gasteiger partial charge is 0.416 e. The van der Waals surface area contributed by atoms with Gasteiger partial charge in [-0.25, -0.2) is 0 Å². The first-order valence-corrected chi connectivity index (χ1v) is 9.36. The highest BCUT2D eigenvalue weighted by atomic mass is 19.4. The Morgan fingerprint density at radius 1 is 0.933 bits per heavy atom. The molecule has 1 N–H and O–H groups in total. The van der Waals surface area contributed by atoms with Crippen LogP contribution >= 0.6 is 0 Å². The van der Waals surface area contributed by atoms with Crippen LogP contribution in [0.3, 0.4) is 0 Å². The first-order chi connectivity index (χ1) is 14.3. The zero-order valence-corrected chi connectivity index (χ0v) is 15.8. The molecule has 0 radical (unpaired) electrons. The fourth-order valence-corrected chi connectivity index (χ4v) is 3.54. The average Bonchev–Trinajstić information content (AvgIpc) is 3.37. The Kier molecular flexibility index (Phi) is 5.07. The van der Waals surface area contributed by atoms with Gasteiger partial charge in [-0.3, -0.25) is 9.59 Å². The molecule has 154 valence electrons. The van der Waals surface area contributed by atoms with E-state index in [0.29, 0.717) is 18.7 Å². The third-order valence-electron chi connectivity index (χ3n) is 5.06. The zero-order valence-electron chi connectivity index (χ0n) is 15.8. The highest BCUT2D eigenvalue weighted by Gasteiger charge is 2.38. The number of nitrogens with zero attached hydrogens (tertiary/aromatic N) is 2. The fraction of sp³-hybridized carbons (Fsp3) is 0.182. The van der Waals surface area contributed by atoms with E-state index in [0.717, 1.165) is 17.8 Å². The van der Waals surface area contributed by atoms with Gasteiger partial charge in [0.1, 0.15) is 5.92 Å². The van der Waals surface area contributed by atoms with E-state index in [-0.39, 0.29) is 11.6 Å². The van der Waals surface area contributed by atoms with Gasteiger partial charge in [0, 0.05) is 24.6 Å². The molecule has 2 amide bonds. The molecule has 1 saturated heterocycles. The summed E-state index contributed by atoms with van der Waals surface area (Å²) in [6, 6.07) is 15.3. The monoisotopic (exact) mass is 413 g/mol. The first-order valence-electron chi connectivity index (χ1n) is 9.36. The van der Waals surface area contributed by atoms with E-state index in [4.69, 9.17) is 0 Å². The molecule has 0 saturated carbocycles. The molecule has 0 aliphatic carbocycles. The van der Waals surface area contributed by atoms with Gasteiger partial charge in [0.2, 0.25) is 11.8 Å². The second kappa shape index (κ2) is 7.70. The number of amides is 2. The second-order valence-corrected chi connectivity index (χ2v) is 6.97. The molecule has 8 heteroatoms. The van der Waals surface area contributed by atoms with Crippen LogP contribution in [0.4, 0.5) is 24.5 Å². The van der Waals surface area contributed by atoms with Crippen molar-refractivity contribution in [3.05, 3.63) is 78.6 Å². The van der Waals surface area contributed by atoms with Gasteiger partial charge in [-0.15, -0.1) is 0 Å². The molecule has 4 rings (SSSR count). The number of para-hydroxylation sites is 2. The molecule has 0 bridgehead atoms. The van der Waals surface area contributed by atoms with E-state index < -0.39 is 23.6 Å². The van der Waals surface area contributed by atoms with Crippen molar-refractivity contribution in [3.63, 3.8) is 0 Å². The van der Waals surface area contributed by atoms with Gasteiger partial charge < -0.3 is 14.8 Å². The number of hydrogen-bond acceptors (Lipinski definition) is 2. The summed E-state index contributed by atoms with van der Waals surface area (Å²) in [4.78, 5) is 27.1. The number of nitrogens with one attached hydrogen (secondary N) is 1. The van der Waals surface area contributed by atoms with E-state index in [9.17, 15) is 22.8 Å². The summed E-state index contributed by atoms with van der Waals surface area (Å²) < 4.78 is 39.9. The minimum Gasteiger partial charge on any atom is -0.325 e. The Hall–Kier alpha value is -3.55. The summed E-state index contributed by atoms with van der Waals surface area (Å²) in [5.74, 6) is -1.76. The number of carbonyl (C=O) groups excluding carboxylic acids is 2. The minimum absolute atomic E-state index is 0.215. The third-order valence-corrected chi connectivity index (χ3v) is 5.06. The number of benzene rings is 2. The van der Waals surface area contributed by atoms with Crippen LogP contribution in [0.5, 0.6) is 0 Å². The van der Waals surface area contributed by atoms with Crippen molar-refractivity contribution in [1.29, 1.82) is 0 Å². The van der Waals surface area contributed by atoms with Crippen LogP contribution in [0, 0.1) is 5.92 Å². The number of rotatable bonds is 4. The molecule has 3 aromatic rings. The Morgan fingerprint density at radius 3 is 2.20 bits per heavy atom. The number of anilines is 2. The highest BCUT2D eigenvalue weighted by Crippen LogP contribution is 2.32. The number of carbonyl (C=O) groups is 2. The summed E-state index contributed by atoms with van der Waals surface area (Å²) in [5.41, 5.74) is 0.931. The van der Waals surface area contributed by atoms with Crippen LogP contribution in [-0.4, -0.2) is 22.9 Å². The molecule has 1 aromatic heterocycles. The highest BCUT2D eigenvalue weighted by molar-refractivity contribution is 6.13. The molecule has 5 nitrogen and oxygen atoms in total. The van der Waals surface area contributed by atoms with Gasteiger partial charge in [0.25, 0.3) is 0 Å². The molecule has 2 aromatic carbocycles. The van der Waals surface area contributed by atoms with E-state index in [2.05, 4.69) is 5.32 Å². The fourth-order valence-electron chi connectivity index (χ4n) is 3.54. The summed E-state index contributed by atoms with van der Waals surface area (Å²) in [5, 5.41) is 2.55. The number of alkyl halides is 3. The number of aromatic nitrogens is 1. The number of halogens is 3. The van der Waals surface area contributed by atoms with Crippen LogP contribution in [0.25, 0.3) is 5.69 Å². The van der Waals surface area contributed by atoms with Gasteiger partial charge in [-0.1, -0.05) is 12.1 Å². The van der Waals surface area contributed by atoms with Crippen molar-refractivity contribution < 1.29 is 22.8 Å². The molecular formula is C22H18F3N3O2. The van der Waals surface area contributed by atoms with Gasteiger partial charge in [0.15, 0.2) is 0 Å². The van der Waals surface area contributed by atoms with Crippen molar-refractivity contribution in [1.82, 2.24) is 4.57 Å². The van der Waals surface area contributed by atoms with Gasteiger partial charge in [-0.05, 0) is 55.0 Å². The van der Waals surface area contributed by atoms with Gasteiger partial charge >= 0.3 is 6.18 Å². The summed E-state index contributed by atoms with van der Waals surface area (Å²) in [7, 11) is 0. The van der Waals surface area contributed by atoms with E-state index in [1.54, 1.807) is 4.90 Å². The molecule has 0 unspecified atom stereocenters. The van der Waals surface area contributed by atoms with Crippen molar-refractivity contribution >= 4 is 23.2 Å². The quantitative estimate of drug-likeness (QED) is 0.641. The Labute approximate surface area is 170 Å². The van der Waals surface area contributed by atoms with Crippen LogP contribution < -0.4 is 10.2 Å². The standard InChI is InChI=1S/C22H18F3N3O2/c23-22(24,25)15-7-9-16(10-8-15)26-20(29)17-11-14-28(21(17)30)19-6-2-1-5-18(19)27-12-3-4-13-27/h1-10,12-13,17H,11,14H2,(H,26,29)/t17-/m1/s1. The Balaban J connectivity index is 1.49. The molecule has 1 aliphatic heterocycles. The lowest BCUT2D eigenvalue weighted by Gasteiger charge is -2.21. The predicted octanol–water partition coefficient (Wildman–Crippen LogP) is 4.49. The maximum Gasteiger partial charge on any atom is 0.416 e. The topological polar surface area (TPSA) is 54.3 Å². The summed E-state index contributed by atoms with van der Waals surface area (Å²) in [6.45, 7) is 0.377. The predicted molar refractivity (Wildman–Crippen MR) is 106 cm³/mol. The molecular weight excluding hydrogens is 395 g/mol. The molecule has 2 heterocycles. The Bertz CT molecular complexity index is 1060. The molecule has 0 spiro atoms. The smallest absolute Gasteiger partial charge is 0.325 e. The zero-order chi connectivity index (χ0) is 21.3. The van der Waals surface area contributed by atoms with Crippen molar-refractivity contribution in [2.75, 3.05) is 16.8 Å². The van der Waals surface area contributed by atoms with Crippen molar-refractivity contribution in [2.24, 2.45) is 5.92 Å². The lowest BCUT2D eigenvalue weighted by molar-refractivity contribution is -0.137. The van der Waals surface area contributed by atoms with Crippen LogP contribution in [0.2, 0.25) is 0 Å². The third kappa shape index (κ3) is 3.80. The van der Waals surface area contributed by atoms with Gasteiger partial charge in [0.05, 0.1) is 16.9 Å². The maximum atomic E-state index is 13.0. The lowest BCUT2D eigenvalue weighted by Crippen LogP contribution is -2.33. The molecule has 1 fully saturated rings. The first kappa shape index (κ1) is 19.8. The normalized spacial score (nSPS) is 16.7. The van der Waals surface area contributed by atoms with E-state index >= 15 is 0 Å². The van der Waals surface area contributed by atoms with Gasteiger partial charge in [-0.2, -0.15) is 13.2 Å². The van der Waals surface area contributed by atoms with Crippen LogP contribution in [-0.2, 0) is 15.8 Å². The van der Waals surface area contributed by atoms with Crippen molar-refractivity contribution in [2.45, 2.75) is 12.6 Å². The van der Waals surface area contributed by atoms with Crippen molar-refractivity contribution in [3.8, 4) is 5.69 Å². The molecule has 1 aliphatic rings. The lowest BCUT2D eigenvalue weighted by atomic mass is 10.1. The molecule has 30 heavy (non-hydrogen) atoms. The average molecular weight is 413 g/mol. The second-order valence-electron chi connectivity index (χ2n) is 6.97. The Morgan fingerprint density at radius 2 is 1.57 bits per heavy atom. The maximum absolute atomic E-state index is 13.0. The summed E-state index contributed by atoms with van der Waals surface area (Å²) in [6.07, 6.45) is -0.384. The molecule has 1 atom stereocenters. The van der Waals surface area contributed by atoms with Crippen LogP contribution in [0.1, 0.15) is 12.0 Å². The summed E-state index contributed by atoms with van der Waals surface area (Å²) >= 11 is 0. The SMILES string of the molecule is O=C(Nc1ccc(C(F)(F)F)cc1)[C@H]1CCN(c2ccccc2-n2cccc2)C1=O. The van der Waals surface area contributed by atoms with Crippen LogP contribution in [0.15, 0.2) is 73.1 Å². The van der Waals surface area contributed by atoms with E-state index in [1.807, 2.05) is 53.4 Å². The minimum atomic E-state index is -4.45. The van der Waals surface area contributed by atoms with E-state index in [1.165, 1.54) is 12.1 Å². The number of hydrogen-bond donors (Lipinski definition) is 1.